The van der Waals surface area contributed by atoms with Crippen molar-refractivity contribution in [1.29, 1.82) is 0 Å². The van der Waals surface area contributed by atoms with Gasteiger partial charge in [0.25, 0.3) is 0 Å². The van der Waals surface area contributed by atoms with E-state index < -0.39 is 0 Å². The first kappa shape index (κ1) is 14.5. The summed E-state index contributed by atoms with van der Waals surface area (Å²) in [6.07, 6.45) is 5.96. The summed E-state index contributed by atoms with van der Waals surface area (Å²) >= 11 is 0. The average molecular weight is 286 g/mol. The lowest BCUT2D eigenvalue weighted by Gasteiger charge is -2.21. The number of nitrogens with zero attached hydrogens (tertiary/aromatic N) is 3. The monoisotopic (exact) mass is 286 g/mol. The Labute approximate surface area is 126 Å². The molecule has 4 nitrogen and oxygen atoms in total. The third-order valence-electron chi connectivity index (χ3n) is 5.24. The molecule has 0 spiro atoms. The maximum atomic E-state index is 4.56. The van der Waals surface area contributed by atoms with E-state index in [4.69, 9.17) is 0 Å². The van der Waals surface area contributed by atoms with E-state index >= 15 is 0 Å². The number of aromatic nitrogens is 3. The Balaban J connectivity index is 1.70. The average Bonchev–Trinajstić information content (AvgIpc) is 2.97. The molecule has 2 aromatic heterocycles. The van der Waals surface area contributed by atoms with Gasteiger partial charge in [-0.25, -0.2) is 4.98 Å². The van der Waals surface area contributed by atoms with Gasteiger partial charge in [-0.1, -0.05) is 20.3 Å². The first-order valence-corrected chi connectivity index (χ1v) is 8.11. The zero-order chi connectivity index (χ0) is 15.0. The quantitative estimate of drug-likeness (QED) is 0.938. The Morgan fingerprint density at radius 1 is 1.38 bits per heavy atom. The molecule has 0 aromatic carbocycles. The molecule has 21 heavy (non-hydrogen) atoms. The largest absolute Gasteiger partial charge is 0.310 e. The predicted molar refractivity (Wildman–Crippen MR) is 86.1 cm³/mol. The highest BCUT2D eigenvalue weighted by Gasteiger charge is 2.30. The van der Waals surface area contributed by atoms with E-state index in [0.29, 0.717) is 6.04 Å². The van der Waals surface area contributed by atoms with Crippen LogP contribution in [0.25, 0.3) is 11.0 Å². The third kappa shape index (κ3) is 2.69. The van der Waals surface area contributed by atoms with E-state index in [1.807, 2.05) is 24.9 Å². The van der Waals surface area contributed by atoms with Gasteiger partial charge in [0.1, 0.15) is 0 Å². The molecule has 0 aliphatic heterocycles. The first-order valence-electron chi connectivity index (χ1n) is 8.11. The molecular formula is C17H26N4. The van der Waals surface area contributed by atoms with Gasteiger partial charge >= 0.3 is 0 Å². The summed E-state index contributed by atoms with van der Waals surface area (Å²) in [5.41, 5.74) is 3.28. The number of aryl methyl sites for hydroxylation is 2. The van der Waals surface area contributed by atoms with Gasteiger partial charge in [0.05, 0.1) is 5.69 Å². The molecule has 3 rings (SSSR count). The molecule has 1 N–H and O–H groups in total. The molecule has 1 aliphatic rings. The van der Waals surface area contributed by atoms with Crippen molar-refractivity contribution in [2.75, 3.05) is 0 Å². The molecule has 1 fully saturated rings. The van der Waals surface area contributed by atoms with Crippen LogP contribution in [0.4, 0.5) is 0 Å². The molecular weight excluding hydrogens is 260 g/mol. The van der Waals surface area contributed by atoms with Crippen LogP contribution in [0.3, 0.4) is 0 Å². The Morgan fingerprint density at radius 3 is 2.90 bits per heavy atom. The summed E-state index contributed by atoms with van der Waals surface area (Å²) < 4.78 is 1.85. The molecule has 0 saturated heterocycles. The highest BCUT2D eigenvalue weighted by Crippen LogP contribution is 2.34. The summed E-state index contributed by atoms with van der Waals surface area (Å²) in [6.45, 7) is 7.66. The highest BCUT2D eigenvalue weighted by molar-refractivity contribution is 5.78. The number of rotatable bonds is 4. The summed E-state index contributed by atoms with van der Waals surface area (Å²) in [5, 5.41) is 9.34. The van der Waals surface area contributed by atoms with Crippen LogP contribution in [0.1, 0.15) is 44.4 Å². The Kier molecular flexibility index (Phi) is 3.98. The Hall–Kier alpha value is -1.42. The molecule has 1 saturated carbocycles. The van der Waals surface area contributed by atoms with Crippen molar-refractivity contribution < 1.29 is 0 Å². The maximum absolute atomic E-state index is 4.56. The van der Waals surface area contributed by atoms with Crippen LogP contribution in [-0.2, 0) is 13.6 Å². The molecule has 0 radical (unpaired) electrons. The van der Waals surface area contributed by atoms with Crippen molar-refractivity contribution in [2.45, 2.75) is 52.6 Å². The molecule has 2 aromatic rings. The minimum atomic E-state index is 0.653. The molecule has 114 valence electrons. The van der Waals surface area contributed by atoms with Gasteiger partial charge in [-0.05, 0) is 43.2 Å². The lowest BCUT2D eigenvalue weighted by atomic mass is 9.93. The Bertz CT molecular complexity index is 631. The van der Waals surface area contributed by atoms with Gasteiger partial charge in [-0.2, -0.15) is 5.10 Å². The molecule has 3 unspecified atom stereocenters. The third-order valence-corrected chi connectivity index (χ3v) is 5.24. The highest BCUT2D eigenvalue weighted by atomic mass is 15.3. The van der Waals surface area contributed by atoms with Gasteiger partial charge in [0, 0.05) is 31.2 Å². The minimum Gasteiger partial charge on any atom is -0.310 e. The van der Waals surface area contributed by atoms with Crippen LogP contribution >= 0.6 is 0 Å². The van der Waals surface area contributed by atoms with Crippen LogP contribution in [0.2, 0.25) is 0 Å². The SMILES string of the molecule is CCC1CCC(NCc2cnc3c(c2)c(C)nn3C)C1C. The zero-order valence-corrected chi connectivity index (χ0v) is 13.6. The van der Waals surface area contributed by atoms with Gasteiger partial charge < -0.3 is 5.32 Å². The molecule has 4 heteroatoms. The second kappa shape index (κ2) is 5.76. The van der Waals surface area contributed by atoms with E-state index in [0.717, 1.165) is 29.7 Å². The van der Waals surface area contributed by atoms with E-state index in [-0.39, 0.29) is 0 Å². The van der Waals surface area contributed by atoms with Crippen molar-refractivity contribution in [3.63, 3.8) is 0 Å². The summed E-state index contributed by atoms with van der Waals surface area (Å²) in [5.74, 6) is 1.68. The molecule has 0 bridgehead atoms. The fourth-order valence-electron chi connectivity index (χ4n) is 3.81. The lowest BCUT2D eigenvalue weighted by molar-refractivity contribution is 0.344. The van der Waals surface area contributed by atoms with Crippen LogP contribution in [0.5, 0.6) is 0 Å². The van der Waals surface area contributed by atoms with Crippen LogP contribution in [0.15, 0.2) is 12.3 Å². The predicted octanol–water partition coefficient (Wildman–Crippen LogP) is 3.19. The lowest BCUT2D eigenvalue weighted by Crippen LogP contribution is -2.32. The Morgan fingerprint density at radius 2 is 2.19 bits per heavy atom. The second-order valence-corrected chi connectivity index (χ2v) is 6.52. The molecule has 2 heterocycles. The molecule has 0 amide bonds. The van der Waals surface area contributed by atoms with E-state index in [1.54, 1.807) is 0 Å². The van der Waals surface area contributed by atoms with Gasteiger partial charge in [-0.3, -0.25) is 4.68 Å². The van der Waals surface area contributed by atoms with Crippen molar-refractivity contribution in [1.82, 2.24) is 20.1 Å². The normalized spacial score (nSPS) is 25.8. The zero-order valence-electron chi connectivity index (χ0n) is 13.6. The summed E-state index contributed by atoms with van der Waals surface area (Å²) in [6, 6.07) is 2.88. The smallest absolute Gasteiger partial charge is 0.157 e. The number of hydrogen-bond donors (Lipinski definition) is 1. The van der Waals surface area contributed by atoms with Crippen LogP contribution in [-0.4, -0.2) is 20.8 Å². The van der Waals surface area contributed by atoms with Crippen molar-refractivity contribution in [3.05, 3.63) is 23.5 Å². The number of nitrogens with one attached hydrogen (secondary N) is 1. The van der Waals surface area contributed by atoms with Crippen LogP contribution in [0, 0.1) is 18.8 Å². The maximum Gasteiger partial charge on any atom is 0.157 e. The number of pyridine rings is 1. The summed E-state index contributed by atoms with van der Waals surface area (Å²) in [7, 11) is 1.95. The van der Waals surface area contributed by atoms with Crippen LogP contribution < -0.4 is 5.32 Å². The fraction of sp³-hybridized carbons (Fsp3) is 0.647. The van der Waals surface area contributed by atoms with Crippen molar-refractivity contribution in [2.24, 2.45) is 18.9 Å². The summed E-state index contributed by atoms with van der Waals surface area (Å²) in [4.78, 5) is 4.56. The van der Waals surface area contributed by atoms with Crippen molar-refractivity contribution >= 4 is 11.0 Å². The molecule has 3 atom stereocenters. The van der Waals surface area contributed by atoms with E-state index in [1.165, 1.54) is 30.2 Å². The van der Waals surface area contributed by atoms with Crippen molar-refractivity contribution in [3.8, 4) is 0 Å². The standard InChI is InChI=1S/C17H26N4/c1-5-14-6-7-16(11(14)2)18-9-13-8-15-12(3)20-21(4)17(15)19-10-13/h8,10-11,14,16,18H,5-7,9H2,1-4H3. The first-order chi connectivity index (χ1) is 10.1. The van der Waals surface area contributed by atoms with Gasteiger partial charge in [0.15, 0.2) is 5.65 Å². The number of fused-ring (bicyclic) bond motifs is 1. The van der Waals surface area contributed by atoms with Gasteiger partial charge in [-0.15, -0.1) is 0 Å². The van der Waals surface area contributed by atoms with E-state index in [2.05, 4.69) is 35.3 Å². The van der Waals surface area contributed by atoms with Gasteiger partial charge in [0.2, 0.25) is 0 Å². The molecule has 1 aliphatic carbocycles. The van der Waals surface area contributed by atoms with E-state index in [9.17, 15) is 0 Å². The second-order valence-electron chi connectivity index (χ2n) is 6.52. The topological polar surface area (TPSA) is 42.7 Å². The fourth-order valence-corrected chi connectivity index (χ4v) is 3.81. The minimum absolute atomic E-state index is 0.653. The number of hydrogen-bond acceptors (Lipinski definition) is 3.